The summed E-state index contributed by atoms with van der Waals surface area (Å²) in [5.74, 6) is -0.335. The monoisotopic (exact) mass is 287 g/mol. The van der Waals surface area contributed by atoms with Crippen molar-refractivity contribution in [3.8, 4) is 0 Å². The molecule has 0 fully saturated rings. The van der Waals surface area contributed by atoms with Gasteiger partial charge in [-0.05, 0) is 6.07 Å². The molecule has 0 spiro atoms. The third-order valence-electron chi connectivity index (χ3n) is 2.00. The zero-order chi connectivity index (χ0) is 10.8. The highest BCUT2D eigenvalue weighted by Crippen LogP contribution is 2.22. The topological polar surface area (TPSA) is 43.1 Å². The van der Waals surface area contributed by atoms with Crippen LogP contribution in [0, 0.1) is 0 Å². The molecule has 0 atom stereocenters. The Bertz CT molecular complexity index is 509. The van der Waals surface area contributed by atoms with Gasteiger partial charge in [0.1, 0.15) is 5.52 Å². The van der Waals surface area contributed by atoms with Crippen LogP contribution in [0.2, 0.25) is 0 Å². The average Bonchev–Trinajstić information content (AvgIpc) is 2.71. The summed E-state index contributed by atoms with van der Waals surface area (Å²) < 4.78 is 5.37. The molecule has 78 valence electrons. The minimum absolute atomic E-state index is 0.0772. The number of oxazole rings is 1. The number of fused-ring (bicyclic) bond motifs is 1. The van der Waals surface area contributed by atoms with Crippen LogP contribution in [0.4, 0.5) is 0 Å². The Labute approximate surface area is 99.6 Å². The minimum atomic E-state index is -0.298. The van der Waals surface area contributed by atoms with Crippen LogP contribution in [0.1, 0.15) is 16.2 Å². The van der Waals surface area contributed by atoms with E-state index in [1.165, 1.54) is 0 Å². The van der Waals surface area contributed by atoms with Crippen molar-refractivity contribution in [3.05, 3.63) is 29.7 Å². The van der Waals surface area contributed by atoms with Gasteiger partial charge in [0.25, 0.3) is 5.89 Å². The maximum Gasteiger partial charge on any atom is 0.265 e. The number of rotatable bonds is 3. The van der Waals surface area contributed by atoms with Gasteiger partial charge in [-0.15, -0.1) is 11.6 Å². The molecule has 0 aliphatic heterocycles. The van der Waals surface area contributed by atoms with Crippen molar-refractivity contribution in [1.29, 1.82) is 0 Å². The van der Waals surface area contributed by atoms with Crippen LogP contribution in [0.5, 0.6) is 0 Å². The van der Waals surface area contributed by atoms with Crippen LogP contribution in [0.25, 0.3) is 11.1 Å². The second kappa shape index (κ2) is 4.33. The number of carbonyl (C=O) groups is 1. The van der Waals surface area contributed by atoms with E-state index >= 15 is 0 Å². The molecule has 0 unspecified atom stereocenters. The standard InChI is InChI=1S/C10H7BrClNO2/c11-4-6-2-1-3-7-9(6)15-10(13-7)8(14)5-12/h1-3H,4-5H2. The molecule has 0 saturated carbocycles. The van der Waals surface area contributed by atoms with Gasteiger partial charge in [0, 0.05) is 10.9 Å². The molecule has 0 bridgehead atoms. The Kier molecular flexibility index (Phi) is 3.07. The molecule has 0 aliphatic carbocycles. The summed E-state index contributed by atoms with van der Waals surface area (Å²) in [7, 11) is 0. The lowest BCUT2D eigenvalue weighted by atomic mass is 10.2. The second-order valence-electron chi connectivity index (χ2n) is 2.97. The number of alkyl halides is 2. The molecule has 15 heavy (non-hydrogen) atoms. The van der Waals surface area contributed by atoms with E-state index in [4.69, 9.17) is 16.0 Å². The van der Waals surface area contributed by atoms with Crippen LogP contribution >= 0.6 is 27.5 Å². The number of benzene rings is 1. The number of nitrogens with zero attached hydrogens (tertiary/aromatic N) is 1. The molecule has 0 aliphatic rings. The number of carbonyl (C=O) groups excluding carboxylic acids is 1. The van der Waals surface area contributed by atoms with Crippen LogP contribution in [-0.2, 0) is 5.33 Å². The van der Waals surface area contributed by atoms with E-state index < -0.39 is 0 Å². The van der Waals surface area contributed by atoms with E-state index in [-0.39, 0.29) is 17.6 Å². The number of hydrogen-bond acceptors (Lipinski definition) is 3. The largest absolute Gasteiger partial charge is 0.433 e. The van der Waals surface area contributed by atoms with E-state index in [9.17, 15) is 4.79 Å². The van der Waals surface area contributed by atoms with Crippen molar-refractivity contribution < 1.29 is 9.21 Å². The van der Waals surface area contributed by atoms with Crippen molar-refractivity contribution in [2.24, 2.45) is 0 Å². The number of aromatic nitrogens is 1. The lowest BCUT2D eigenvalue weighted by molar-refractivity contribution is 0.0986. The number of para-hydroxylation sites is 1. The van der Waals surface area contributed by atoms with Crippen LogP contribution in [0.3, 0.4) is 0 Å². The maximum atomic E-state index is 11.3. The van der Waals surface area contributed by atoms with E-state index in [1.54, 1.807) is 6.07 Å². The normalized spacial score (nSPS) is 10.8. The summed E-state index contributed by atoms with van der Waals surface area (Å²) in [5.41, 5.74) is 2.29. The zero-order valence-corrected chi connectivity index (χ0v) is 10.0. The molecular formula is C10H7BrClNO2. The molecule has 0 amide bonds. The van der Waals surface area contributed by atoms with Gasteiger partial charge in [-0.3, -0.25) is 4.79 Å². The number of hydrogen-bond donors (Lipinski definition) is 0. The third-order valence-corrected chi connectivity index (χ3v) is 2.85. The van der Waals surface area contributed by atoms with Crippen LogP contribution in [0.15, 0.2) is 22.6 Å². The molecule has 1 aromatic heterocycles. The second-order valence-corrected chi connectivity index (χ2v) is 3.80. The van der Waals surface area contributed by atoms with Gasteiger partial charge in [-0.1, -0.05) is 28.1 Å². The van der Waals surface area contributed by atoms with Gasteiger partial charge in [0.05, 0.1) is 5.88 Å². The molecule has 0 radical (unpaired) electrons. The lowest BCUT2D eigenvalue weighted by Crippen LogP contribution is -1.99. The predicted molar refractivity (Wildman–Crippen MR) is 61.7 cm³/mol. The van der Waals surface area contributed by atoms with E-state index in [0.29, 0.717) is 16.4 Å². The first-order valence-electron chi connectivity index (χ1n) is 4.30. The van der Waals surface area contributed by atoms with Gasteiger partial charge < -0.3 is 4.42 Å². The van der Waals surface area contributed by atoms with Crippen molar-refractivity contribution in [2.75, 3.05) is 5.88 Å². The molecule has 2 rings (SSSR count). The molecule has 0 saturated heterocycles. The molecule has 1 aromatic carbocycles. The average molecular weight is 289 g/mol. The summed E-state index contributed by atoms with van der Waals surface area (Å²) in [5, 5.41) is 0.661. The zero-order valence-electron chi connectivity index (χ0n) is 7.67. The summed E-state index contributed by atoms with van der Waals surface area (Å²) >= 11 is 8.77. The number of ketones is 1. The van der Waals surface area contributed by atoms with E-state index in [2.05, 4.69) is 20.9 Å². The third kappa shape index (κ3) is 1.92. The van der Waals surface area contributed by atoms with Crippen molar-refractivity contribution in [3.63, 3.8) is 0 Å². The highest BCUT2D eigenvalue weighted by atomic mass is 79.9. The Morgan fingerprint density at radius 1 is 1.53 bits per heavy atom. The molecule has 3 nitrogen and oxygen atoms in total. The molecule has 0 N–H and O–H groups in total. The van der Waals surface area contributed by atoms with Crippen molar-refractivity contribution in [1.82, 2.24) is 4.98 Å². The fourth-order valence-electron chi connectivity index (χ4n) is 1.29. The molecule has 1 heterocycles. The number of halogens is 2. The van der Waals surface area contributed by atoms with Crippen molar-refractivity contribution in [2.45, 2.75) is 5.33 Å². The van der Waals surface area contributed by atoms with Crippen molar-refractivity contribution >= 4 is 44.4 Å². The van der Waals surface area contributed by atoms with Crippen LogP contribution < -0.4 is 0 Å². The molecule has 2 aromatic rings. The summed E-state index contributed by atoms with van der Waals surface area (Å²) in [6.45, 7) is 0. The fourth-order valence-corrected chi connectivity index (χ4v) is 1.84. The Morgan fingerprint density at radius 3 is 3.00 bits per heavy atom. The highest BCUT2D eigenvalue weighted by molar-refractivity contribution is 9.08. The quantitative estimate of drug-likeness (QED) is 0.644. The first-order chi connectivity index (χ1) is 7.26. The van der Waals surface area contributed by atoms with Gasteiger partial charge in [-0.2, -0.15) is 0 Å². The Hall–Kier alpha value is -0.870. The molecule has 5 heteroatoms. The molecular weight excluding hydrogens is 281 g/mol. The first-order valence-corrected chi connectivity index (χ1v) is 5.95. The lowest BCUT2D eigenvalue weighted by Gasteiger charge is -1.93. The van der Waals surface area contributed by atoms with Gasteiger partial charge >= 0.3 is 0 Å². The first kappa shape index (κ1) is 10.6. The summed E-state index contributed by atoms with van der Waals surface area (Å²) in [4.78, 5) is 15.4. The maximum absolute atomic E-state index is 11.3. The van der Waals surface area contributed by atoms with E-state index in [1.807, 2.05) is 12.1 Å². The summed E-state index contributed by atoms with van der Waals surface area (Å²) in [6.07, 6.45) is 0. The Morgan fingerprint density at radius 2 is 2.33 bits per heavy atom. The SMILES string of the molecule is O=C(CCl)c1nc2cccc(CBr)c2o1. The fraction of sp³-hybridized carbons (Fsp3) is 0.200. The van der Waals surface area contributed by atoms with Crippen LogP contribution in [-0.4, -0.2) is 16.6 Å². The number of Topliss-reactive ketones (excluding diaryl/α,β-unsaturated/α-hetero) is 1. The van der Waals surface area contributed by atoms with E-state index in [0.717, 1.165) is 5.56 Å². The predicted octanol–water partition coefficient (Wildman–Crippen LogP) is 3.14. The van der Waals surface area contributed by atoms with Gasteiger partial charge in [0.15, 0.2) is 5.58 Å². The smallest absolute Gasteiger partial charge is 0.265 e. The Balaban J connectivity index is 2.60. The minimum Gasteiger partial charge on any atom is -0.433 e. The van der Waals surface area contributed by atoms with Gasteiger partial charge in [0.2, 0.25) is 5.78 Å². The highest BCUT2D eigenvalue weighted by Gasteiger charge is 2.14. The summed E-state index contributed by atoms with van der Waals surface area (Å²) in [6, 6.07) is 5.59. The van der Waals surface area contributed by atoms with Gasteiger partial charge in [-0.25, -0.2) is 4.98 Å².